The van der Waals surface area contributed by atoms with Crippen LogP contribution in [0.1, 0.15) is 24.0 Å². The lowest BCUT2D eigenvalue weighted by Gasteiger charge is -2.31. The van der Waals surface area contributed by atoms with E-state index in [4.69, 9.17) is 23.2 Å². The van der Waals surface area contributed by atoms with Gasteiger partial charge in [-0.3, -0.25) is 9.69 Å². The molecule has 1 amide bonds. The van der Waals surface area contributed by atoms with E-state index >= 15 is 0 Å². The Labute approximate surface area is 181 Å². The van der Waals surface area contributed by atoms with Crippen molar-refractivity contribution in [2.24, 2.45) is 5.92 Å². The van der Waals surface area contributed by atoms with Crippen LogP contribution in [0.4, 0.5) is 0 Å². The number of nitrogens with one attached hydrogen (secondary N) is 1. The minimum Gasteiger partial charge on any atom is -0.355 e. The minimum atomic E-state index is 0.121. The van der Waals surface area contributed by atoms with Crippen LogP contribution in [0.15, 0.2) is 48.5 Å². The van der Waals surface area contributed by atoms with Crippen molar-refractivity contribution >= 4 is 40.9 Å². The number of thioether (sulfide) groups is 1. The van der Waals surface area contributed by atoms with Crippen LogP contribution in [0.3, 0.4) is 0 Å². The first-order valence-electron chi connectivity index (χ1n) is 9.68. The predicted octanol–water partition coefficient (Wildman–Crippen LogP) is 5.26. The van der Waals surface area contributed by atoms with E-state index in [1.165, 1.54) is 0 Å². The molecule has 28 heavy (non-hydrogen) atoms. The molecular weight excluding hydrogens is 411 g/mol. The standard InChI is InChI=1S/C22H26Cl2N2OS/c23-20-7-3-1-5-18(20)15-26-12-9-17(10-13-26)22(27)25-11-14-28-16-19-6-2-4-8-21(19)24/h1-8,17H,9-16H2,(H,25,27). The minimum absolute atomic E-state index is 0.121. The first-order valence-corrected chi connectivity index (χ1v) is 11.6. The van der Waals surface area contributed by atoms with Gasteiger partial charge in [0.2, 0.25) is 5.91 Å². The molecule has 0 aliphatic carbocycles. The van der Waals surface area contributed by atoms with Gasteiger partial charge in [0.15, 0.2) is 0 Å². The summed E-state index contributed by atoms with van der Waals surface area (Å²) in [5.41, 5.74) is 2.30. The zero-order valence-electron chi connectivity index (χ0n) is 15.9. The van der Waals surface area contributed by atoms with Gasteiger partial charge in [-0.2, -0.15) is 11.8 Å². The van der Waals surface area contributed by atoms with Crippen molar-refractivity contribution in [3.8, 4) is 0 Å². The summed E-state index contributed by atoms with van der Waals surface area (Å²) in [6, 6.07) is 15.9. The fourth-order valence-electron chi connectivity index (χ4n) is 3.41. The van der Waals surface area contributed by atoms with Gasteiger partial charge >= 0.3 is 0 Å². The Morgan fingerprint density at radius 3 is 2.25 bits per heavy atom. The van der Waals surface area contributed by atoms with Gasteiger partial charge in [-0.05, 0) is 49.2 Å². The zero-order valence-corrected chi connectivity index (χ0v) is 18.2. The number of benzene rings is 2. The van der Waals surface area contributed by atoms with E-state index in [9.17, 15) is 4.79 Å². The van der Waals surface area contributed by atoms with E-state index in [0.29, 0.717) is 6.54 Å². The number of nitrogens with zero attached hydrogens (tertiary/aromatic N) is 1. The molecule has 1 N–H and O–H groups in total. The molecule has 1 fully saturated rings. The molecule has 6 heteroatoms. The topological polar surface area (TPSA) is 32.3 Å². The van der Waals surface area contributed by atoms with E-state index in [0.717, 1.165) is 65.2 Å². The van der Waals surface area contributed by atoms with Crippen LogP contribution in [0.25, 0.3) is 0 Å². The monoisotopic (exact) mass is 436 g/mol. The summed E-state index contributed by atoms with van der Waals surface area (Å²) >= 11 is 14.2. The Morgan fingerprint density at radius 2 is 1.61 bits per heavy atom. The summed E-state index contributed by atoms with van der Waals surface area (Å²) in [4.78, 5) is 14.8. The molecule has 1 heterocycles. The molecule has 3 rings (SSSR count). The average molecular weight is 437 g/mol. The van der Waals surface area contributed by atoms with Crippen molar-refractivity contribution in [1.29, 1.82) is 0 Å². The molecule has 1 aliphatic heterocycles. The van der Waals surface area contributed by atoms with Gasteiger partial charge in [-0.1, -0.05) is 59.6 Å². The molecule has 0 radical (unpaired) electrons. The van der Waals surface area contributed by atoms with Crippen LogP contribution in [0.5, 0.6) is 0 Å². The maximum atomic E-state index is 12.4. The number of halogens is 2. The molecule has 0 atom stereocenters. The highest BCUT2D eigenvalue weighted by Crippen LogP contribution is 2.23. The molecule has 1 aliphatic rings. The predicted molar refractivity (Wildman–Crippen MR) is 120 cm³/mol. The van der Waals surface area contributed by atoms with Crippen LogP contribution < -0.4 is 5.32 Å². The fourth-order valence-corrected chi connectivity index (χ4v) is 4.75. The third kappa shape index (κ3) is 6.41. The lowest BCUT2D eigenvalue weighted by Crippen LogP contribution is -2.40. The number of piperidine rings is 1. The van der Waals surface area contributed by atoms with Gasteiger partial charge in [-0.15, -0.1) is 0 Å². The highest BCUT2D eigenvalue weighted by molar-refractivity contribution is 7.98. The van der Waals surface area contributed by atoms with Gasteiger partial charge in [0.05, 0.1) is 0 Å². The maximum Gasteiger partial charge on any atom is 0.223 e. The smallest absolute Gasteiger partial charge is 0.223 e. The molecule has 3 nitrogen and oxygen atoms in total. The van der Waals surface area contributed by atoms with Crippen molar-refractivity contribution in [2.75, 3.05) is 25.4 Å². The second-order valence-electron chi connectivity index (χ2n) is 7.08. The van der Waals surface area contributed by atoms with E-state index in [1.807, 2.05) is 42.5 Å². The molecule has 0 spiro atoms. The van der Waals surface area contributed by atoms with Crippen molar-refractivity contribution in [3.05, 3.63) is 69.7 Å². The van der Waals surface area contributed by atoms with Gasteiger partial charge in [-0.25, -0.2) is 0 Å². The number of carbonyl (C=O) groups excluding carboxylic acids is 1. The van der Waals surface area contributed by atoms with Gasteiger partial charge in [0.25, 0.3) is 0 Å². The molecule has 0 bridgehead atoms. The third-order valence-corrected chi connectivity index (χ3v) is 6.82. The summed E-state index contributed by atoms with van der Waals surface area (Å²) in [5, 5.41) is 4.72. The molecule has 0 unspecified atom stereocenters. The molecule has 150 valence electrons. The second kappa shape index (κ2) is 11.1. The highest BCUT2D eigenvalue weighted by atomic mass is 35.5. The SMILES string of the molecule is O=C(NCCSCc1ccccc1Cl)C1CCN(Cc2ccccc2Cl)CC1. The van der Waals surface area contributed by atoms with Crippen LogP contribution in [-0.4, -0.2) is 36.2 Å². The fraction of sp³-hybridized carbons (Fsp3) is 0.409. The van der Waals surface area contributed by atoms with Crippen LogP contribution in [0, 0.1) is 5.92 Å². The molecule has 2 aromatic rings. The van der Waals surface area contributed by atoms with Crippen molar-refractivity contribution in [2.45, 2.75) is 25.1 Å². The van der Waals surface area contributed by atoms with Gasteiger partial charge in [0, 0.05) is 40.6 Å². The highest BCUT2D eigenvalue weighted by Gasteiger charge is 2.24. The van der Waals surface area contributed by atoms with Crippen molar-refractivity contribution in [1.82, 2.24) is 10.2 Å². The summed E-state index contributed by atoms with van der Waals surface area (Å²) in [5.74, 6) is 2.07. The summed E-state index contributed by atoms with van der Waals surface area (Å²) < 4.78 is 0. The Balaban J connectivity index is 1.32. The lowest BCUT2D eigenvalue weighted by atomic mass is 9.95. The van der Waals surface area contributed by atoms with Crippen LogP contribution >= 0.6 is 35.0 Å². The number of hydrogen-bond acceptors (Lipinski definition) is 3. The van der Waals surface area contributed by atoms with E-state index in [2.05, 4.69) is 16.3 Å². The Bertz CT molecular complexity index is 779. The largest absolute Gasteiger partial charge is 0.355 e. The summed E-state index contributed by atoms with van der Waals surface area (Å²) in [6.45, 7) is 3.43. The average Bonchev–Trinajstić information content (AvgIpc) is 2.71. The number of carbonyl (C=O) groups is 1. The molecule has 0 saturated carbocycles. The first kappa shape index (κ1) is 21.5. The molecule has 1 saturated heterocycles. The maximum absolute atomic E-state index is 12.4. The normalized spacial score (nSPS) is 15.5. The van der Waals surface area contributed by atoms with Crippen LogP contribution in [-0.2, 0) is 17.1 Å². The van der Waals surface area contributed by atoms with E-state index < -0.39 is 0 Å². The second-order valence-corrected chi connectivity index (χ2v) is 9.00. The summed E-state index contributed by atoms with van der Waals surface area (Å²) in [7, 11) is 0. The Kier molecular flexibility index (Phi) is 8.53. The Hall–Kier alpha value is -1.20. The van der Waals surface area contributed by atoms with Gasteiger partial charge in [0.1, 0.15) is 0 Å². The molecule has 2 aromatic carbocycles. The quantitative estimate of drug-likeness (QED) is 0.573. The zero-order chi connectivity index (χ0) is 19.8. The van der Waals surface area contributed by atoms with Crippen molar-refractivity contribution < 1.29 is 4.79 Å². The Morgan fingerprint density at radius 1 is 1.00 bits per heavy atom. The van der Waals surface area contributed by atoms with E-state index in [1.54, 1.807) is 11.8 Å². The van der Waals surface area contributed by atoms with Crippen LogP contribution in [0.2, 0.25) is 10.0 Å². The number of likely N-dealkylation sites (tertiary alicyclic amines) is 1. The number of hydrogen-bond donors (Lipinski definition) is 1. The first-order chi connectivity index (χ1) is 13.6. The third-order valence-electron chi connectivity index (χ3n) is 5.07. The number of amides is 1. The molecular formula is C22H26Cl2N2OS. The van der Waals surface area contributed by atoms with E-state index in [-0.39, 0.29) is 11.8 Å². The van der Waals surface area contributed by atoms with Gasteiger partial charge < -0.3 is 5.32 Å². The lowest BCUT2D eigenvalue weighted by molar-refractivity contribution is -0.126. The number of rotatable bonds is 8. The van der Waals surface area contributed by atoms with Crippen molar-refractivity contribution in [3.63, 3.8) is 0 Å². The summed E-state index contributed by atoms with van der Waals surface area (Å²) in [6.07, 6.45) is 1.81. The molecule has 0 aromatic heterocycles.